The van der Waals surface area contributed by atoms with Gasteiger partial charge in [0.1, 0.15) is 0 Å². The maximum atomic E-state index is 12.1. The molecule has 2 rings (SSSR count). The highest BCUT2D eigenvalue weighted by Crippen LogP contribution is 2.32. The first-order valence-corrected chi connectivity index (χ1v) is 6.63. The molecule has 1 aliphatic heterocycles. The van der Waals surface area contributed by atoms with Crippen molar-refractivity contribution in [1.29, 1.82) is 0 Å². The molecule has 0 bridgehead atoms. The molecule has 1 heterocycles. The summed E-state index contributed by atoms with van der Waals surface area (Å²) in [4.78, 5) is 25.7. The van der Waals surface area contributed by atoms with E-state index in [1.54, 1.807) is 0 Å². The Kier molecular flexibility index (Phi) is 3.71. The van der Waals surface area contributed by atoms with Crippen LogP contribution in [0.4, 0.5) is 0 Å². The van der Waals surface area contributed by atoms with E-state index in [9.17, 15) is 9.59 Å². The van der Waals surface area contributed by atoms with Crippen molar-refractivity contribution in [2.45, 2.75) is 33.4 Å². The zero-order valence-electron chi connectivity index (χ0n) is 11.6. The van der Waals surface area contributed by atoms with Gasteiger partial charge in [0.25, 0.3) is 0 Å². The minimum Gasteiger partial charge on any atom is -0.326 e. The molecule has 102 valence electrons. The first-order chi connectivity index (χ1) is 8.97. The molecule has 19 heavy (non-hydrogen) atoms. The van der Waals surface area contributed by atoms with Gasteiger partial charge in [-0.2, -0.15) is 0 Å². The monoisotopic (exact) mass is 260 g/mol. The van der Waals surface area contributed by atoms with Gasteiger partial charge >= 0.3 is 0 Å². The van der Waals surface area contributed by atoms with E-state index in [4.69, 9.17) is 5.73 Å². The van der Waals surface area contributed by atoms with E-state index in [1.165, 1.54) is 4.90 Å². The third kappa shape index (κ3) is 2.28. The molecule has 0 spiro atoms. The second-order valence-corrected chi connectivity index (χ2v) is 5.25. The predicted molar refractivity (Wildman–Crippen MR) is 72.9 cm³/mol. The van der Waals surface area contributed by atoms with Crippen molar-refractivity contribution in [2.24, 2.45) is 17.6 Å². The fraction of sp³-hybridized carbons (Fsp3) is 0.467. The molecular weight excluding hydrogens is 240 g/mol. The van der Waals surface area contributed by atoms with Crippen molar-refractivity contribution in [1.82, 2.24) is 4.90 Å². The predicted octanol–water partition coefficient (Wildman–Crippen LogP) is 1.85. The van der Waals surface area contributed by atoms with Crippen LogP contribution in [0.15, 0.2) is 24.3 Å². The molecule has 1 fully saturated rings. The molecule has 0 aliphatic carbocycles. The summed E-state index contributed by atoms with van der Waals surface area (Å²) in [6.07, 6.45) is 0. The summed E-state index contributed by atoms with van der Waals surface area (Å²) in [5, 5.41) is 0. The molecule has 4 nitrogen and oxygen atoms in total. The van der Waals surface area contributed by atoms with Crippen LogP contribution in [-0.2, 0) is 16.1 Å². The fourth-order valence-electron chi connectivity index (χ4n) is 2.44. The SMILES string of the molecule is CC1C(=O)N(C(C)c2ccc(CN)cc2)C(=O)C1C. The van der Waals surface area contributed by atoms with Gasteiger partial charge in [0.2, 0.25) is 11.8 Å². The minimum atomic E-state index is -0.224. The lowest BCUT2D eigenvalue weighted by Gasteiger charge is -2.23. The van der Waals surface area contributed by atoms with Gasteiger partial charge in [0.05, 0.1) is 6.04 Å². The van der Waals surface area contributed by atoms with Crippen molar-refractivity contribution in [2.75, 3.05) is 0 Å². The summed E-state index contributed by atoms with van der Waals surface area (Å²) >= 11 is 0. The Hall–Kier alpha value is -1.68. The summed E-state index contributed by atoms with van der Waals surface area (Å²) in [5.74, 6) is -0.600. The van der Waals surface area contributed by atoms with Crippen LogP contribution in [0.2, 0.25) is 0 Å². The molecule has 0 radical (unpaired) electrons. The normalized spacial score (nSPS) is 24.9. The average Bonchev–Trinajstić information content (AvgIpc) is 2.62. The van der Waals surface area contributed by atoms with Crippen LogP contribution in [0.1, 0.15) is 37.9 Å². The van der Waals surface area contributed by atoms with E-state index in [0.717, 1.165) is 11.1 Å². The lowest BCUT2D eigenvalue weighted by atomic mass is 10.00. The van der Waals surface area contributed by atoms with Crippen molar-refractivity contribution in [3.05, 3.63) is 35.4 Å². The Bertz CT molecular complexity index is 475. The van der Waals surface area contributed by atoms with Crippen molar-refractivity contribution >= 4 is 11.8 Å². The van der Waals surface area contributed by atoms with Crippen molar-refractivity contribution in [3.8, 4) is 0 Å². The largest absolute Gasteiger partial charge is 0.326 e. The van der Waals surface area contributed by atoms with Crippen LogP contribution in [0.5, 0.6) is 0 Å². The molecule has 0 saturated carbocycles. The van der Waals surface area contributed by atoms with Crippen LogP contribution in [-0.4, -0.2) is 16.7 Å². The topological polar surface area (TPSA) is 63.4 Å². The van der Waals surface area contributed by atoms with E-state index in [2.05, 4.69) is 0 Å². The zero-order chi connectivity index (χ0) is 14.2. The van der Waals surface area contributed by atoms with Crippen LogP contribution in [0.3, 0.4) is 0 Å². The van der Waals surface area contributed by atoms with Gasteiger partial charge < -0.3 is 5.73 Å². The molecule has 2 amide bonds. The molecule has 3 atom stereocenters. The number of carbonyl (C=O) groups excluding carboxylic acids is 2. The van der Waals surface area contributed by atoms with Gasteiger partial charge in [0.15, 0.2) is 0 Å². The molecular formula is C15H20N2O2. The molecule has 0 aromatic heterocycles. The molecule has 1 aliphatic rings. The third-order valence-electron chi connectivity index (χ3n) is 4.09. The Balaban J connectivity index is 2.26. The number of likely N-dealkylation sites (tertiary alicyclic amines) is 1. The second kappa shape index (κ2) is 5.13. The first-order valence-electron chi connectivity index (χ1n) is 6.63. The van der Waals surface area contributed by atoms with Gasteiger partial charge in [-0.05, 0) is 18.1 Å². The van der Waals surface area contributed by atoms with E-state index in [-0.39, 0.29) is 29.7 Å². The number of rotatable bonds is 3. The summed E-state index contributed by atoms with van der Waals surface area (Å²) in [7, 11) is 0. The van der Waals surface area contributed by atoms with Crippen LogP contribution in [0, 0.1) is 11.8 Å². The highest BCUT2D eigenvalue weighted by atomic mass is 16.2. The van der Waals surface area contributed by atoms with E-state index >= 15 is 0 Å². The number of nitrogens with zero attached hydrogens (tertiary/aromatic N) is 1. The number of imide groups is 1. The lowest BCUT2D eigenvalue weighted by Crippen LogP contribution is -2.33. The highest BCUT2D eigenvalue weighted by molar-refractivity contribution is 6.05. The number of nitrogens with two attached hydrogens (primary N) is 1. The number of hydrogen-bond donors (Lipinski definition) is 1. The van der Waals surface area contributed by atoms with Crippen molar-refractivity contribution < 1.29 is 9.59 Å². The van der Waals surface area contributed by atoms with E-state index < -0.39 is 0 Å². The number of benzene rings is 1. The summed E-state index contributed by atoms with van der Waals surface area (Å²) in [6.45, 7) is 6.01. The van der Waals surface area contributed by atoms with Gasteiger partial charge in [0, 0.05) is 18.4 Å². The van der Waals surface area contributed by atoms with Crippen LogP contribution in [0.25, 0.3) is 0 Å². The quantitative estimate of drug-likeness (QED) is 0.843. The molecule has 1 aromatic rings. The van der Waals surface area contributed by atoms with Gasteiger partial charge in [-0.25, -0.2) is 0 Å². The minimum absolute atomic E-state index is 0.0760. The standard InChI is InChI=1S/C15H20N2O2/c1-9-10(2)15(19)17(14(9)18)11(3)13-6-4-12(8-16)5-7-13/h4-7,9-11H,8,16H2,1-3H3. The number of amides is 2. The highest BCUT2D eigenvalue weighted by Gasteiger charge is 2.44. The van der Waals surface area contributed by atoms with Gasteiger partial charge in [-0.1, -0.05) is 38.1 Å². The summed E-state index contributed by atoms with van der Waals surface area (Å²) in [6, 6.07) is 7.51. The maximum Gasteiger partial charge on any atom is 0.233 e. The van der Waals surface area contributed by atoms with Crippen molar-refractivity contribution in [3.63, 3.8) is 0 Å². The summed E-state index contributed by atoms with van der Waals surface area (Å²) in [5.41, 5.74) is 7.56. The van der Waals surface area contributed by atoms with E-state index in [0.29, 0.717) is 6.54 Å². The molecule has 1 aromatic carbocycles. The number of hydrogen-bond acceptors (Lipinski definition) is 3. The Morgan fingerprint density at radius 1 is 1.11 bits per heavy atom. The van der Waals surface area contributed by atoms with Crippen LogP contribution >= 0.6 is 0 Å². The third-order valence-corrected chi connectivity index (χ3v) is 4.09. The maximum absolute atomic E-state index is 12.1. The van der Waals surface area contributed by atoms with E-state index in [1.807, 2.05) is 45.0 Å². The fourth-order valence-corrected chi connectivity index (χ4v) is 2.44. The second-order valence-electron chi connectivity index (χ2n) is 5.25. The van der Waals surface area contributed by atoms with Gasteiger partial charge in [-0.3, -0.25) is 14.5 Å². The average molecular weight is 260 g/mol. The number of carbonyl (C=O) groups is 2. The summed E-state index contributed by atoms with van der Waals surface area (Å²) < 4.78 is 0. The smallest absolute Gasteiger partial charge is 0.233 e. The Morgan fingerprint density at radius 2 is 1.58 bits per heavy atom. The Morgan fingerprint density at radius 3 is 2.00 bits per heavy atom. The molecule has 4 heteroatoms. The van der Waals surface area contributed by atoms with Crippen LogP contribution < -0.4 is 5.73 Å². The molecule has 1 saturated heterocycles. The van der Waals surface area contributed by atoms with Gasteiger partial charge in [-0.15, -0.1) is 0 Å². The molecule has 2 N–H and O–H groups in total. The zero-order valence-corrected chi connectivity index (χ0v) is 11.6. The Labute approximate surface area is 113 Å². The molecule has 3 unspecified atom stereocenters. The lowest BCUT2D eigenvalue weighted by molar-refractivity contribution is -0.142. The first kappa shape index (κ1) is 13.7.